The van der Waals surface area contributed by atoms with E-state index >= 15 is 0 Å². The van der Waals surface area contributed by atoms with E-state index in [2.05, 4.69) is 27.2 Å². The zero-order valence-electron chi connectivity index (χ0n) is 19.4. The van der Waals surface area contributed by atoms with Crippen molar-refractivity contribution in [3.05, 3.63) is 16.8 Å². The van der Waals surface area contributed by atoms with Gasteiger partial charge in [-0.25, -0.2) is 9.97 Å². The molecular formula is C24H34N6O2S. The SMILES string of the molecule is CN(CC(=O)N1CCCC1)C1CCC(Nc2ncnc3sc4c(c23)CC(C(N)=O)CC4)CC1. The lowest BCUT2D eigenvalue weighted by Gasteiger charge is -2.35. The smallest absolute Gasteiger partial charge is 0.236 e. The van der Waals surface area contributed by atoms with Crippen LogP contribution in [0, 0.1) is 5.92 Å². The number of primary amides is 1. The van der Waals surface area contributed by atoms with E-state index in [0.29, 0.717) is 25.0 Å². The van der Waals surface area contributed by atoms with Crippen LogP contribution in [0.3, 0.4) is 0 Å². The van der Waals surface area contributed by atoms with Gasteiger partial charge in [0.05, 0.1) is 11.9 Å². The van der Waals surface area contributed by atoms with Crippen LogP contribution in [0.2, 0.25) is 0 Å². The van der Waals surface area contributed by atoms with Gasteiger partial charge in [0, 0.05) is 36.0 Å². The summed E-state index contributed by atoms with van der Waals surface area (Å²) in [6.45, 7) is 2.36. The van der Waals surface area contributed by atoms with Crippen LogP contribution in [-0.4, -0.2) is 70.3 Å². The lowest BCUT2D eigenvalue weighted by molar-refractivity contribution is -0.131. The molecule has 1 atom stereocenters. The first-order valence-corrected chi connectivity index (χ1v) is 13.1. The predicted octanol–water partition coefficient (Wildman–Crippen LogP) is 2.56. The minimum atomic E-state index is -0.211. The number of nitrogens with zero attached hydrogens (tertiary/aromatic N) is 4. The minimum absolute atomic E-state index is 0.0994. The summed E-state index contributed by atoms with van der Waals surface area (Å²) in [5.41, 5.74) is 6.83. The second-order valence-electron chi connectivity index (χ2n) is 9.90. The summed E-state index contributed by atoms with van der Waals surface area (Å²) in [5, 5.41) is 4.78. The average Bonchev–Trinajstić information content (AvgIpc) is 3.47. The van der Waals surface area contributed by atoms with E-state index in [1.165, 1.54) is 10.4 Å². The third kappa shape index (κ3) is 4.71. The molecular weight excluding hydrogens is 436 g/mol. The topological polar surface area (TPSA) is 104 Å². The molecule has 0 radical (unpaired) electrons. The standard InChI is InChI=1S/C24H34N6O2S/c1-29(13-20(31)30-10-2-3-11-30)17-7-5-16(6-8-17)28-23-21-18-12-15(22(25)32)4-9-19(18)33-24(21)27-14-26-23/h14-17H,2-13H2,1H3,(H2,25,32)(H,26,27,28). The predicted molar refractivity (Wildman–Crippen MR) is 130 cm³/mol. The van der Waals surface area contributed by atoms with E-state index in [4.69, 9.17) is 5.73 Å². The molecule has 1 saturated heterocycles. The maximum atomic E-state index is 12.5. The van der Waals surface area contributed by atoms with Gasteiger partial charge in [0.2, 0.25) is 11.8 Å². The number of carbonyl (C=O) groups excluding carboxylic acids is 2. The number of carbonyl (C=O) groups is 2. The molecule has 2 aromatic heterocycles. The van der Waals surface area contributed by atoms with E-state index in [0.717, 1.165) is 80.5 Å². The Bertz CT molecular complexity index is 1030. The molecule has 0 bridgehead atoms. The van der Waals surface area contributed by atoms with Gasteiger partial charge in [-0.15, -0.1) is 11.3 Å². The van der Waals surface area contributed by atoms with Crippen molar-refractivity contribution in [3.8, 4) is 0 Å². The van der Waals surface area contributed by atoms with Crippen molar-refractivity contribution in [1.29, 1.82) is 0 Å². The summed E-state index contributed by atoms with van der Waals surface area (Å²) in [4.78, 5) is 40.0. The van der Waals surface area contributed by atoms with Gasteiger partial charge < -0.3 is 16.0 Å². The van der Waals surface area contributed by atoms with Crippen molar-refractivity contribution in [3.63, 3.8) is 0 Å². The Hall–Kier alpha value is -2.26. The summed E-state index contributed by atoms with van der Waals surface area (Å²) in [6, 6.07) is 0.804. The van der Waals surface area contributed by atoms with Crippen molar-refractivity contribution in [2.75, 3.05) is 32.0 Å². The summed E-state index contributed by atoms with van der Waals surface area (Å²) < 4.78 is 0. The molecule has 3 aliphatic rings. The molecule has 2 fully saturated rings. The number of fused-ring (bicyclic) bond motifs is 3. The van der Waals surface area contributed by atoms with Gasteiger partial charge in [0.1, 0.15) is 17.0 Å². The van der Waals surface area contributed by atoms with Crippen LogP contribution in [0.15, 0.2) is 6.33 Å². The van der Waals surface area contributed by atoms with Crippen LogP contribution >= 0.6 is 11.3 Å². The van der Waals surface area contributed by atoms with Crippen LogP contribution in [0.1, 0.15) is 55.4 Å². The van der Waals surface area contributed by atoms with Gasteiger partial charge in [-0.1, -0.05) is 0 Å². The second-order valence-corrected chi connectivity index (χ2v) is 11.0. The Morgan fingerprint density at radius 1 is 1.18 bits per heavy atom. The summed E-state index contributed by atoms with van der Waals surface area (Å²) in [6.07, 6.45) is 10.6. The summed E-state index contributed by atoms with van der Waals surface area (Å²) in [7, 11) is 2.09. The highest BCUT2D eigenvalue weighted by atomic mass is 32.1. The molecule has 9 heteroatoms. The fraction of sp³-hybridized carbons (Fsp3) is 0.667. The van der Waals surface area contributed by atoms with E-state index in [-0.39, 0.29) is 17.7 Å². The van der Waals surface area contributed by atoms with Gasteiger partial charge in [-0.3, -0.25) is 14.5 Å². The number of nitrogens with one attached hydrogen (secondary N) is 1. The molecule has 5 rings (SSSR count). The third-order valence-corrected chi connectivity index (χ3v) is 8.95. The monoisotopic (exact) mass is 470 g/mol. The lowest BCUT2D eigenvalue weighted by Crippen LogP contribution is -2.44. The first-order chi connectivity index (χ1) is 16.0. The van der Waals surface area contributed by atoms with Crippen molar-refractivity contribution in [2.45, 2.75) is 69.9 Å². The number of amides is 2. The Balaban J connectivity index is 1.22. The largest absolute Gasteiger partial charge is 0.369 e. The fourth-order valence-electron chi connectivity index (χ4n) is 5.72. The van der Waals surface area contributed by atoms with E-state index in [1.54, 1.807) is 17.7 Å². The van der Waals surface area contributed by atoms with Crippen LogP contribution in [0.25, 0.3) is 10.2 Å². The van der Waals surface area contributed by atoms with Crippen molar-refractivity contribution >= 4 is 39.2 Å². The van der Waals surface area contributed by atoms with Crippen LogP contribution in [-0.2, 0) is 22.4 Å². The molecule has 1 saturated carbocycles. The average molecular weight is 471 g/mol. The molecule has 178 valence electrons. The highest BCUT2D eigenvalue weighted by Gasteiger charge is 2.30. The molecule has 1 aliphatic heterocycles. The molecule has 0 aromatic carbocycles. The Morgan fingerprint density at radius 3 is 2.67 bits per heavy atom. The number of anilines is 1. The number of likely N-dealkylation sites (tertiary alicyclic amines) is 1. The minimum Gasteiger partial charge on any atom is -0.369 e. The quantitative estimate of drug-likeness (QED) is 0.672. The van der Waals surface area contributed by atoms with Crippen molar-refractivity contribution < 1.29 is 9.59 Å². The molecule has 3 heterocycles. The van der Waals surface area contributed by atoms with Crippen LogP contribution in [0.4, 0.5) is 5.82 Å². The maximum Gasteiger partial charge on any atom is 0.236 e. The molecule has 8 nitrogen and oxygen atoms in total. The Morgan fingerprint density at radius 2 is 1.94 bits per heavy atom. The number of thiophene rings is 1. The number of aryl methyl sites for hydroxylation is 1. The van der Waals surface area contributed by atoms with Gasteiger partial charge in [0.25, 0.3) is 0 Å². The van der Waals surface area contributed by atoms with Crippen LogP contribution in [0.5, 0.6) is 0 Å². The molecule has 2 amide bonds. The summed E-state index contributed by atoms with van der Waals surface area (Å²) in [5.74, 6) is 0.855. The molecule has 1 unspecified atom stereocenters. The third-order valence-electron chi connectivity index (χ3n) is 7.75. The molecule has 2 aromatic rings. The van der Waals surface area contributed by atoms with E-state index < -0.39 is 0 Å². The van der Waals surface area contributed by atoms with Crippen molar-refractivity contribution in [2.24, 2.45) is 11.7 Å². The highest BCUT2D eigenvalue weighted by molar-refractivity contribution is 7.19. The van der Waals surface area contributed by atoms with Gasteiger partial charge in [-0.05, 0) is 70.4 Å². The van der Waals surface area contributed by atoms with E-state index in [9.17, 15) is 9.59 Å². The van der Waals surface area contributed by atoms with Crippen molar-refractivity contribution in [1.82, 2.24) is 19.8 Å². The molecule has 33 heavy (non-hydrogen) atoms. The molecule has 2 aliphatic carbocycles. The first kappa shape index (κ1) is 22.5. The summed E-state index contributed by atoms with van der Waals surface area (Å²) >= 11 is 1.72. The number of hydrogen-bond donors (Lipinski definition) is 2. The number of aromatic nitrogens is 2. The number of likely N-dealkylation sites (N-methyl/N-ethyl adjacent to an activating group) is 1. The van der Waals surface area contributed by atoms with Gasteiger partial charge >= 0.3 is 0 Å². The maximum absolute atomic E-state index is 12.5. The zero-order valence-corrected chi connectivity index (χ0v) is 20.2. The normalized spacial score (nSPS) is 25.4. The molecule has 0 spiro atoms. The second kappa shape index (κ2) is 9.54. The Labute approximate surface area is 198 Å². The number of nitrogens with two attached hydrogens (primary N) is 1. The van der Waals surface area contributed by atoms with Gasteiger partial charge in [-0.2, -0.15) is 0 Å². The Kier molecular flexibility index (Phi) is 6.51. The van der Waals surface area contributed by atoms with Gasteiger partial charge in [0.15, 0.2) is 0 Å². The van der Waals surface area contributed by atoms with E-state index in [1.807, 2.05) is 4.90 Å². The number of rotatable bonds is 6. The zero-order chi connectivity index (χ0) is 22.9. The number of hydrogen-bond acceptors (Lipinski definition) is 7. The molecule has 3 N–H and O–H groups in total. The fourth-order valence-corrected chi connectivity index (χ4v) is 6.91. The van der Waals surface area contributed by atoms with Crippen LogP contribution < -0.4 is 11.1 Å². The lowest BCUT2D eigenvalue weighted by atomic mass is 9.86. The highest BCUT2D eigenvalue weighted by Crippen LogP contribution is 2.40. The first-order valence-electron chi connectivity index (χ1n) is 12.3.